The zero-order chi connectivity index (χ0) is 18.0. The summed E-state index contributed by atoms with van der Waals surface area (Å²) in [6.07, 6.45) is 0. The van der Waals surface area contributed by atoms with Crippen molar-refractivity contribution in [2.75, 3.05) is 26.0 Å². The predicted molar refractivity (Wildman–Crippen MR) is 110 cm³/mol. The van der Waals surface area contributed by atoms with Crippen LogP contribution >= 0.6 is 35.6 Å². The van der Waals surface area contributed by atoms with Crippen LogP contribution in [0, 0.1) is 13.8 Å². The number of aromatic nitrogens is 2. The first-order valence-corrected chi connectivity index (χ1v) is 10.1. The Labute approximate surface area is 164 Å². The summed E-state index contributed by atoms with van der Waals surface area (Å²) in [6, 6.07) is 7.94. The van der Waals surface area contributed by atoms with Crippen LogP contribution in [0.15, 0.2) is 24.3 Å². The van der Waals surface area contributed by atoms with E-state index in [0.29, 0.717) is 6.54 Å². The lowest BCUT2D eigenvalue weighted by Gasteiger charge is -2.25. The van der Waals surface area contributed by atoms with Crippen LogP contribution in [-0.4, -0.2) is 49.9 Å². The monoisotopic (exact) mass is 394 g/mol. The van der Waals surface area contributed by atoms with Gasteiger partial charge in [0, 0.05) is 35.1 Å². The van der Waals surface area contributed by atoms with Gasteiger partial charge in [0.2, 0.25) is 0 Å². The fraction of sp³-hybridized carbons (Fsp3) is 0.444. The van der Waals surface area contributed by atoms with Crippen LogP contribution in [0.3, 0.4) is 0 Å². The molecule has 4 nitrogen and oxygen atoms in total. The summed E-state index contributed by atoms with van der Waals surface area (Å²) < 4.78 is 3.06. The molecule has 1 aliphatic rings. The van der Waals surface area contributed by atoms with Crippen molar-refractivity contribution in [3.05, 3.63) is 51.8 Å². The van der Waals surface area contributed by atoms with Crippen LogP contribution in [0.2, 0.25) is 5.02 Å². The van der Waals surface area contributed by atoms with Crippen molar-refractivity contribution >= 4 is 39.9 Å². The van der Waals surface area contributed by atoms with E-state index < -0.39 is 0 Å². The molecule has 0 aliphatic carbocycles. The molecule has 0 spiro atoms. The number of hydrogen-bond donors (Lipinski definition) is 0. The van der Waals surface area contributed by atoms with Gasteiger partial charge < -0.3 is 4.90 Å². The zero-order valence-corrected chi connectivity index (χ0v) is 17.2. The first kappa shape index (κ1) is 18.7. The summed E-state index contributed by atoms with van der Waals surface area (Å²) in [6.45, 7) is 7.68. The van der Waals surface area contributed by atoms with Crippen molar-refractivity contribution in [2.45, 2.75) is 26.9 Å². The molecule has 2 heterocycles. The Bertz CT molecular complexity index is 774. The Morgan fingerprint density at radius 2 is 2.08 bits per heavy atom. The number of aryl methyl sites for hydroxylation is 1. The van der Waals surface area contributed by atoms with Gasteiger partial charge in [0.05, 0.1) is 18.9 Å². The lowest BCUT2D eigenvalue weighted by molar-refractivity contribution is 0.228. The van der Waals surface area contributed by atoms with Gasteiger partial charge in [-0.05, 0) is 32.5 Å². The van der Waals surface area contributed by atoms with Crippen molar-refractivity contribution in [1.82, 2.24) is 19.6 Å². The first-order valence-electron chi connectivity index (χ1n) is 8.32. The maximum atomic E-state index is 6.30. The van der Waals surface area contributed by atoms with Crippen molar-refractivity contribution in [1.29, 1.82) is 0 Å². The van der Waals surface area contributed by atoms with Gasteiger partial charge in [-0.25, -0.2) is 0 Å². The number of benzene rings is 1. The van der Waals surface area contributed by atoms with E-state index in [1.165, 1.54) is 11.3 Å². The zero-order valence-electron chi connectivity index (χ0n) is 14.8. The van der Waals surface area contributed by atoms with Crippen LogP contribution < -0.4 is 0 Å². The van der Waals surface area contributed by atoms with E-state index in [2.05, 4.69) is 41.4 Å². The molecular formula is C18H23ClN4S2. The third-order valence-corrected chi connectivity index (χ3v) is 6.37. The van der Waals surface area contributed by atoms with Gasteiger partial charge in [-0.1, -0.05) is 53.8 Å². The summed E-state index contributed by atoms with van der Waals surface area (Å²) in [5.74, 6) is 1.10. The summed E-state index contributed by atoms with van der Waals surface area (Å²) in [4.78, 5) is 4.56. The topological polar surface area (TPSA) is 24.3 Å². The van der Waals surface area contributed by atoms with Crippen LogP contribution in [-0.2, 0) is 13.1 Å². The smallest absolute Gasteiger partial charge is 0.137 e. The minimum Gasteiger partial charge on any atom is -0.344 e. The number of nitrogens with zero attached hydrogens (tertiary/aromatic N) is 4. The van der Waals surface area contributed by atoms with Gasteiger partial charge in [-0.3, -0.25) is 9.58 Å². The molecule has 3 rings (SSSR count). The van der Waals surface area contributed by atoms with Gasteiger partial charge in [0.1, 0.15) is 4.32 Å². The fourth-order valence-corrected chi connectivity index (χ4v) is 4.48. The van der Waals surface area contributed by atoms with Crippen molar-refractivity contribution in [2.24, 2.45) is 0 Å². The second-order valence-corrected chi connectivity index (χ2v) is 8.57. The molecule has 2 aromatic rings. The molecule has 7 heteroatoms. The summed E-state index contributed by atoms with van der Waals surface area (Å²) in [7, 11) is 2.13. The predicted octanol–water partition coefficient (Wildman–Crippen LogP) is 3.92. The van der Waals surface area contributed by atoms with E-state index in [1.54, 1.807) is 11.8 Å². The van der Waals surface area contributed by atoms with Crippen molar-refractivity contribution < 1.29 is 0 Å². The lowest BCUT2D eigenvalue weighted by Crippen LogP contribution is -2.35. The molecule has 1 aliphatic heterocycles. The van der Waals surface area contributed by atoms with Crippen LogP contribution in [0.25, 0.3) is 0 Å². The minimum absolute atomic E-state index is 0.697. The first-order chi connectivity index (χ1) is 12.0. The minimum atomic E-state index is 0.697. The molecule has 1 saturated heterocycles. The molecule has 0 saturated carbocycles. The lowest BCUT2D eigenvalue weighted by atomic mass is 10.2. The van der Waals surface area contributed by atoms with Gasteiger partial charge in [0.15, 0.2) is 0 Å². The Hall–Kier alpha value is -1.08. The van der Waals surface area contributed by atoms with Gasteiger partial charge in [-0.2, -0.15) is 5.10 Å². The standard InChI is InChI=1S/C18H23ClN4S2/c1-13-16(11-21(3)12-22-8-9-25-18(22)24)14(2)23(20-13)10-15-6-4-5-7-17(15)19/h4-7H,8-12H2,1-3H3. The highest BCUT2D eigenvalue weighted by Crippen LogP contribution is 2.22. The molecule has 0 amide bonds. The molecule has 1 aromatic carbocycles. The van der Waals surface area contributed by atoms with E-state index in [1.807, 2.05) is 18.2 Å². The third-order valence-electron chi connectivity index (χ3n) is 4.49. The molecule has 1 aromatic heterocycles. The molecule has 0 atom stereocenters. The van der Waals surface area contributed by atoms with E-state index in [0.717, 1.165) is 46.1 Å². The van der Waals surface area contributed by atoms with Crippen LogP contribution in [0.1, 0.15) is 22.5 Å². The summed E-state index contributed by atoms with van der Waals surface area (Å²) >= 11 is 13.5. The van der Waals surface area contributed by atoms with E-state index in [9.17, 15) is 0 Å². The van der Waals surface area contributed by atoms with Gasteiger partial charge in [0.25, 0.3) is 0 Å². The van der Waals surface area contributed by atoms with Crippen molar-refractivity contribution in [3.8, 4) is 0 Å². The maximum Gasteiger partial charge on any atom is 0.137 e. The van der Waals surface area contributed by atoms with Gasteiger partial charge >= 0.3 is 0 Å². The van der Waals surface area contributed by atoms with E-state index in [4.69, 9.17) is 28.9 Å². The SMILES string of the molecule is Cc1nn(Cc2ccccc2Cl)c(C)c1CN(C)CN1CCSC1=S. The Balaban J connectivity index is 1.71. The van der Waals surface area contributed by atoms with E-state index >= 15 is 0 Å². The number of halogens is 1. The average Bonchev–Trinajstić information content (AvgIpc) is 3.08. The molecule has 134 valence electrons. The molecular weight excluding hydrogens is 372 g/mol. The highest BCUT2D eigenvalue weighted by atomic mass is 35.5. The summed E-state index contributed by atoms with van der Waals surface area (Å²) in [5, 5.41) is 5.52. The molecule has 0 N–H and O–H groups in total. The second-order valence-electron chi connectivity index (χ2n) is 6.43. The molecule has 25 heavy (non-hydrogen) atoms. The third kappa shape index (κ3) is 4.37. The second kappa shape index (κ2) is 8.08. The maximum absolute atomic E-state index is 6.30. The fourth-order valence-electron chi connectivity index (χ4n) is 3.07. The largest absolute Gasteiger partial charge is 0.344 e. The number of thiocarbonyl (C=S) groups is 1. The summed E-state index contributed by atoms with van der Waals surface area (Å²) in [5.41, 5.74) is 4.65. The number of thioether (sulfide) groups is 1. The Kier molecular flexibility index (Phi) is 6.04. The molecule has 1 fully saturated rings. The Morgan fingerprint density at radius 1 is 1.32 bits per heavy atom. The molecule has 0 bridgehead atoms. The number of hydrogen-bond acceptors (Lipinski definition) is 4. The Morgan fingerprint density at radius 3 is 2.76 bits per heavy atom. The highest BCUT2D eigenvalue weighted by Gasteiger charge is 2.20. The highest BCUT2D eigenvalue weighted by molar-refractivity contribution is 8.23. The molecule has 0 radical (unpaired) electrons. The quantitative estimate of drug-likeness (QED) is 0.691. The van der Waals surface area contributed by atoms with Crippen molar-refractivity contribution in [3.63, 3.8) is 0 Å². The normalized spacial score (nSPS) is 14.8. The van der Waals surface area contributed by atoms with Crippen LogP contribution in [0.4, 0.5) is 0 Å². The average molecular weight is 395 g/mol. The molecule has 0 unspecified atom stereocenters. The van der Waals surface area contributed by atoms with Crippen LogP contribution in [0.5, 0.6) is 0 Å². The van der Waals surface area contributed by atoms with Gasteiger partial charge in [-0.15, -0.1) is 0 Å². The van der Waals surface area contributed by atoms with E-state index in [-0.39, 0.29) is 0 Å². The number of rotatable bonds is 6.